The molecule has 1 aliphatic heterocycles. The normalized spacial score (nSPS) is 20.7. The summed E-state index contributed by atoms with van der Waals surface area (Å²) in [4.78, 5) is 18.0. The maximum absolute atomic E-state index is 13.3. The van der Waals surface area contributed by atoms with Gasteiger partial charge in [0.1, 0.15) is 11.6 Å². The summed E-state index contributed by atoms with van der Waals surface area (Å²) in [6.45, 7) is 0.681. The topological polar surface area (TPSA) is 53.4 Å². The molecular weight excluding hydrogens is 302 g/mol. The van der Waals surface area contributed by atoms with Crippen molar-refractivity contribution in [3.05, 3.63) is 65.5 Å². The van der Waals surface area contributed by atoms with Crippen LogP contribution in [0.15, 0.2) is 42.7 Å². The van der Waals surface area contributed by atoms with Crippen LogP contribution in [0.5, 0.6) is 0 Å². The lowest BCUT2D eigenvalue weighted by atomic mass is 9.90. The third-order valence-electron chi connectivity index (χ3n) is 4.21. The Morgan fingerprint density at radius 3 is 2.43 bits per heavy atom. The van der Waals surface area contributed by atoms with E-state index in [0.717, 1.165) is 23.8 Å². The van der Waals surface area contributed by atoms with Gasteiger partial charge in [0.05, 0.1) is 0 Å². The average Bonchev–Trinajstić information content (AvgIpc) is 2.98. The van der Waals surface area contributed by atoms with Gasteiger partial charge in [-0.1, -0.05) is 0 Å². The molecule has 2 atom stereocenters. The number of hydrogen-bond acceptors (Lipinski definition) is 3. The Balaban J connectivity index is 1.83. The Bertz CT molecular complexity index is 689. The molecule has 23 heavy (non-hydrogen) atoms. The third kappa shape index (κ3) is 3.22. The van der Waals surface area contributed by atoms with Crippen molar-refractivity contribution < 1.29 is 18.7 Å². The molecule has 1 aromatic heterocycles. The zero-order valence-corrected chi connectivity index (χ0v) is 12.3. The number of amides is 1. The molecule has 2 heterocycles. The molecule has 0 unspecified atom stereocenters. The number of aliphatic hydroxyl groups is 1. The van der Waals surface area contributed by atoms with E-state index in [1.807, 2.05) is 12.1 Å². The number of carbonyl (C=O) groups is 1. The highest BCUT2D eigenvalue weighted by Gasteiger charge is 2.36. The number of likely N-dealkylation sites (tertiary alicyclic amines) is 1. The minimum atomic E-state index is -0.781. The highest BCUT2D eigenvalue weighted by atomic mass is 19.1. The van der Waals surface area contributed by atoms with Gasteiger partial charge in [-0.05, 0) is 29.8 Å². The van der Waals surface area contributed by atoms with E-state index in [4.69, 9.17) is 0 Å². The summed E-state index contributed by atoms with van der Waals surface area (Å²) in [5.41, 5.74) is 0.967. The average molecular weight is 318 g/mol. The molecule has 1 saturated heterocycles. The molecule has 0 radical (unpaired) electrons. The summed E-state index contributed by atoms with van der Waals surface area (Å²) in [5, 5.41) is 9.58. The number of rotatable bonds is 3. The summed E-state index contributed by atoms with van der Waals surface area (Å²) in [6.07, 6.45) is 3.33. The van der Waals surface area contributed by atoms with Crippen LogP contribution in [0.25, 0.3) is 0 Å². The van der Waals surface area contributed by atoms with Gasteiger partial charge in [-0.25, -0.2) is 8.78 Å². The van der Waals surface area contributed by atoms with Gasteiger partial charge in [-0.15, -0.1) is 0 Å². The number of hydrogen-bond donors (Lipinski definition) is 1. The number of aliphatic hydroxyl groups excluding tert-OH is 1. The van der Waals surface area contributed by atoms with Crippen LogP contribution in [0.1, 0.15) is 21.8 Å². The third-order valence-corrected chi connectivity index (χ3v) is 4.21. The standard InChI is InChI=1S/C17H16F2N2O2/c18-14-5-12(6-15(19)7-14)17(23)21-8-13(10-22)16(9-21)11-1-3-20-4-2-11/h1-7,13,16,22H,8-10H2/t13-,16-/m0/s1. The fourth-order valence-corrected chi connectivity index (χ4v) is 3.07. The van der Waals surface area contributed by atoms with E-state index < -0.39 is 17.5 Å². The Hall–Kier alpha value is -2.34. The fraction of sp³-hybridized carbons (Fsp3) is 0.294. The zero-order chi connectivity index (χ0) is 16.4. The number of pyridine rings is 1. The molecule has 120 valence electrons. The number of benzene rings is 1. The van der Waals surface area contributed by atoms with E-state index in [2.05, 4.69) is 4.98 Å². The Kier molecular flexibility index (Phi) is 4.34. The van der Waals surface area contributed by atoms with Gasteiger partial charge < -0.3 is 10.0 Å². The van der Waals surface area contributed by atoms with E-state index in [1.54, 1.807) is 12.4 Å². The number of nitrogens with zero attached hydrogens (tertiary/aromatic N) is 2. The van der Waals surface area contributed by atoms with Crippen LogP contribution in [-0.2, 0) is 0 Å². The van der Waals surface area contributed by atoms with E-state index in [0.29, 0.717) is 13.1 Å². The van der Waals surface area contributed by atoms with Crippen molar-refractivity contribution in [2.24, 2.45) is 5.92 Å². The minimum Gasteiger partial charge on any atom is -0.396 e. The van der Waals surface area contributed by atoms with Crippen molar-refractivity contribution >= 4 is 5.91 Å². The quantitative estimate of drug-likeness (QED) is 0.944. The maximum atomic E-state index is 13.3. The van der Waals surface area contributed by atoms with E-state index in [9.17, 15) is 18.7 Å². The first kappa shape index (κ1) is 15.6. The van der Waals surface area contributed by atoms with E-state index >= 15 is 0 Å². The highest BCUT2D eigenvalue weighted by molar-refractivity contribution is 5.94. The number of aromatic nitrogens is 1. The van der Waals surface area contributed by atoms with Crippen LogP contribution in [0.4, 0.5) is 8.78 Å². The van der Waals surface area contributed by atoms with Gasteiger partial charge in [0.25, 0.3) is 5.91 Å². The molecule has 0 spiro atoms. The summed E-state index contributed by atoms with van der Waals surface area (Å²) in [7, 11) is 0. The van der Waals surface area contributed by atoms with Crippen LogP contribution in [0.2, 0.25) is 0 Å². The highest BCUT2D eigenvalue weighted by Crippen LogP contribution is 2.33. The van der Waals surface area contributed by atoms with Crippen LogP contribution in [-0.4, -0.2) is 40.6 Å². The lowest BCUT2D eigenvalue weighted by molar-refractivity contribution is 0.0780. The molecule has 1 aliphatic rings. The minimum absolute atomic E-state index is 0.0189. The lowest BCUT2D eigenvalue weighted by Crippen LogP contribution is -2.29. The van der Waals surface area contributed by atoms with E-state index in [1.165, 1.54) is 4.90 Å². The van der Waals surface area contributed by atoms with Gasteiger partial charge in [0, 0.05) is 55.6 Å². The molecule has 0 bridgehead atoms. The molecular formula is C17H16F2N2O2. The summed E-state index contributed by atoms with van der Waals surface area (Å²) >= 11 is 0. The molecule has 1 fully saturated rings. The van der Waals surface area contributed by atoms with E-state index in [-0.39, 0.29) is 24.0 Å². The predicted molar refractivity (Wildman–Crippen MR) is 79.8 cm³/mol. The molecule has 1 aromatic carbocycles. The molecule has 4 nitrogen and oxygen atoms in total. The van der Waals surface area contributed by atoms with Crippen molar-refractivity contribution in [2.75, 3.05) is 19.7 Å². The molecule has 1 N–H and O–H groups in total. The first-order valence-electron chi connectivity index (χ1n) is 7.34. The smallest absolute Gasteiger partial charge is 0.254 e. The molecule has 0 aliphatic carbocycles. The first-order chi connectivity index (χ1) is 11.1. The second-order valence-electron chi connectivity index (χ2n) is 5.70. The predicted octanol–water partition coefficient (Wildman–Crippen LogP) is 2.21. The van der Waals surface area contributed by atoms with Crippen LogP contribution >= 0.6 is 0 Å². The van der Waals surface area contributed by atoms with Crippen LogP contribution in [0, 0.1) is 17.6 Å². The fourth-order valence-electron chi connectivity index (χ4n) is 3.07. The first-order valence-corrected chi connectivity index (χ1v) is 7.34. The molecule has 0 saturated carbocycles. The van der Waals surface area contributed by atoms with Crippen molar-refractivity contribution in [1.29, 1.82) is 0 Å². The molecule has 3 rings (SSSR count). The van der Waals surface area contributed by atoms with Gasteiger partial charge in [0.2, 0.25) is 0 Å². The number of carbonyl (C=O) groups excluding carboxylic acids is 1. The Morgan fingerprint density at radius 1 is 1.17 bits per heavy atom. The summed E-state index contributed by atoms with van der Waals surface area (Å²) in [6, 6.07) is 6.49. The number of halogens is 2. The summed E-state index contributed by atoms with van der Waals surface area (Å²) in [5.74, 6) is -2.13. The van der Waals surface area contributed by atoms with Crippen molar-refractivity contribution in [3.8, 4) is 0 Å². The van der Waals surface area contributed by atoms with Crippen molar-refractivity contribution in [3.63, 3.8) is 0 Å². The molecule has 2 aromatic rings. The zero-order valence-electron chi connectivity index (χ0n) is 12.3. The van der Waals surface area contributed by atoms with Gasteiger partial charge in [-0.2, -0.15) is 0 Å². The maximum Gasteiger partial charge on any atom is 0.254 e. The Labute approximate surface area is 132 Å². The largest absolute Gasteiger partial charge is 0.396 e. The van der Waals surface area contributed by atoms with Crippen LogP contribution < -0.4 is 0 Å². The van der Waals surface area contributed by atoms with Crippen molar-refractivity contribution in [1.82, 2.24) is 9.88 Å². The molecule has 6 heteroatoms. The lowest BCUT2D eigenvalue weighted by Gasteiger charge is -2.17. The van der Waals surface area contributed by atoms with Crippen LogP contribution in [0.3, 0.4) is 0 Å². The summed E-state index contributed by atoms with van der Waals surface area (Å²) < 4.78 is 26.6. The monoisotopic (exact) mass is 318 g/mol. The van der Waals surface area contributed by atoms with Crippen molar-refractivity contribution in [2.45, 2.75) is 5.92 Å². The Morgan fingerprint density at radius 2 is 1.83 bits per heavy atom. The molecule has 1 amide bonds. The second kappa shape index (κ2) is 6.42. The van der Waals surface area contributed by atoms with Gasteiger partial charge >= 0.3 is 0 Å². The SMILES string of the molecule is O=C(c1cc(F)cc(F)c1)N1C[C@@H](CO)[C@H](c2ccncc2)C1. The second-order valence-corrected chi connectivity index (χ2v) is 5.70. The van der Waals surface area contributed by atoms with Gasteiger partial charge in [-0.3, -0.25) is 9.78 Å². The van der Waals surface area contributed by atoms with Gasteiger partial charge in [0.15, 0.2) is 0 Å².